The molecule has 0 radical (unpaired) electrons. The van der Waals surface area contributed by atoms with Crippen molar-refractivity contribution in [1.29, 1.82) is 0 Å². The Morgan fingerprint density at radius 2 is 2.03 bits per heavy atom. The molecule has 0 spiro atoms. The molecule has 2 aromatic heterocycles. The lowest BCUT2D eigenvalue weighted by molar-refractivity contribution is 0.0299. The number of hydrogen-bond donors (Lipinski definition) is 1. The fourth-order valence-electron chi connectivity index (χ4n) is 3.91. The lowest BCUT2D eigenvalue weighted by atomic mass is 10.0. The molecule has 2 aliphatic rings. The molecule has 3 aromatic rings. The number of carbonyl (C=O) groups is 1. The van der Waals surface area contributed by atoms with Gasteiger partial charge in [-0.05, 0) is 41.5 Å². The monoisotopic (exact) mass is 404 g/mol. The number of carbonyl (C=O) groups excluding carboxylic acids is 1. The van der Waals surface area contributed by atoms with E-state index in [1.54, 1.807) is 23.2 Å². The fraction of sp³-hybridized carbons (Fsp3) is 0.217. The van der Waals surface area contributed by atoms with Crippen LogP contribution < -0.4 is 4.90 Å². The number of aromatic nitrogens is 2. The van der Waals surface area contributed by atoms with E-state index in [9.17, 15) is 4.79 Å². The number of rotatable bonds is 3. The van der Waals surface area contributed by atoms with Gasteiger partial charge in [0.15, 0.2) is 0 Å². The van der Waals surface area contributed by atoms with Gasteiger partial charge in [-0.3, -0.25) is 9.78 Å². The molecule has 30 heavy (non-hydrogen) atoms. The molecule has 0 bridgehead atoms. The van der Waals surface area contributed by atoms with E-state index in [0.717, 1.165) is 11.3 Å². The van der Waals surface area contributed by atoms with Crippen molar-refractivity contribution < 1.29 is 13.9 Å². The Morgan fingerprint density at radius 1 is 1.17 bits per heavy atom. The van der Waals surface area contributed by atoms with Gasteiger partial charge in [-0.2, -0.15) is 0 Å². The van der Waals surface area contributed by atoms with Crippen LogP contribution in [-0.2, 0) is 11.3 Å². The normalized spacial score (nSPS) is 15.9. The number of pyridine rings is 1. The maximum absolute atomic E-state index is 15.1. The number of halogens is 1. The van der Waals surface area contributed by atoms with Crippen molar-refractivity contribution in [2.24, 2.45) is 0 Å². The van der Waals surface area contributed by atoms with Crippen LogP contribution in [0.25, 0.3) is 17.2 Å². The zero-order chi connectivity index (χ0) is 20.5. The molecule has 2 aliphatic heterocycles. The van der Waals surface area contributed by atoms with E-state index in [-0.39, 0.29) is 11.7 Å². The van der Waals surface area contributed by atoms with Gasteiger partial charge in [0, 0.05) is 49.5 Å². The van der Waals surface area contributed by atoms with Crippen LogP contribution in [0.4, 0.5) is 10.1 Å². The van der Waals surface area contributed by atoms with Crippen LogP contribution in [0.15, 0.2) is 55.0 Å². The Morgan fingerprint density at radius 3 is 2.87 bits per heavy atom. The van der Waals surface area contributed by atoms with Crippen molar-refractivity contribution in [2.75, 3.05) is 31.2 Å². The van der Waals surface area contributed by atoms with Crippen LogP contribution in [0.3, 0.4) is 0 Å². The molecule has 7 heteroatoms. The number of fused-ring (bicyclic) bond motifs is 1. The summed E-state index contributed by atoms with van der Waals surface area (Å²) in [6.45, 7) is 2.70. The Hall–Kier alpha value is -3.45. The minimum Gasteiger partial charge on any atom is -0.378 e. The van der Waals surface area contributed by atoms with Gasteiger partial charge < -0.3 is 19.5 Å². The number of ether oxygens (including phenoxy) is 1. The number of morpholine rings is 1. The molecule has 0 atom stereocenters. The first kappa shape index (κ1) is 18.6. The van der Waals surface area contributed by atoms with Gasteiger partial charge >= 0.3 is 0 Å². The van der Waals surface area contributed by atoms with Gasteiger partial charge in [-0.1, -0.05) is 12.1 Å². The smallest absolute Gasteiger partial charge is 0.273 e. The SMILES string of the molecule is O=C(c1ncccc1-c1ccc(N2C=Cc3[nH]ccc3C2)c(F)c1)N1CCOCC1. The van der Waals surface area contributed by atoms with Crippen LogP contribution in [0.1, 0.15) is 21.7 Å². The standard InChI is InChI=1S/C23H21FN4O2/c24-19-14-16(3-4-21(19)28-9-6-20-17(15-28)5-8-25-20)18-2-1-7-26-22(18)23(29)27-10-12-30-13-11-27/h1-9,14,25H,10-13,15H2. The number of hydrogen-bond acceptors (Lipinski definition) is 4. The van der Waals surface area contributed by atoms with Gasteiger partial charge in [0.25, 0.3) is 5.91 Å². The molecular formula is C23H21FN4O2. The highest BCUT2D eigenvalue weighted by molar-refractivity contribution is 5.99. The first-order valence-electron chi connectivity index (χ1n) is 9.94. The number of H-pyrrole nitrogens is 1. The van der Waals surface area contributed by atoms with E-state index in [2.05, 4.69) is 9.97 Å². The second-order valence-electron chi connectivity index (χ2n) is 7.33. The topological polar surface area (TPSA) is 61.5 Å². The van der Waals surface area contributed by atoms with Gasteiger partial charge in [0.2, 0.25) is 0 Å². The molecule has 0 unspecified atom stereocenters. The van der Waals surface area contributed by atoms with Crippen molar-refractivity contribution in [3.05, 3.63) is 77.8 Å². The third-order valence-corrected chi connectivity index (χ3v) is 5.51. The predicted octanol–water partition coefficient (Wildman–Crippen LogP) is 3.68. The molecule has 0 aliphatic carbocycles. The average molecular weight is 404 g/mol. The minimum absolute atomic E-state index is 0.155. The first-order chi connectivity index (χ1) is 14.7. The van der Waals surface area contributed by atoms with Crippen LogP contribution >= 0.6 is 0 Å². The summed E-state index contributed by atoms with van der Waals surface area (Å²) in [6, 6.07) is 10.6. The van der Waals surface area contributed by atoms with Crippen molar-refractivity contribution in [3.63, 3.8) is 0 Å². The van der Waals surface area contributed by atoms with E-state index >= 15 is 4.39 Å². The number of benzene rings is 1. The maximum Gasteiger partial charge on any atom is 0.273 e. The highest BCUT2D eigenvalue weighted by atomic mass is 19.1. The molecule has 5 rings (SSSR count). The Kier molecular flexibility index (Phi) is 4.80. The third-order valence-electron chi connectivity index (χ3n) is 5.51. The largest absolute Gasteiger partial charge is 0.378 e. The number of anilines is 1. The molecule has 1 fully saturated rings. The Bertz CT molecular complexity index is 1120. The van der Waals surface area contributed by atoms with Gasteiger partial charge in [-0.25, -0.2) is 4.39 Å². The van der Waals surface area contributed by atoms with Crippen molar-refractivity contribution in [3.8, 4) is 11.1 Å². The Balaban J connectivity index is 1.45. The van der Waals surface area contributed by atoms with Crippen LogP contribution in [-0.4, -0.2) is 47.1 Å². The summed E-state index contributed by atoms with van der Waals surface area (Å²) >= 11 is 0. The summed E-state index contributed by atoms with van der Waals surface area (Å²) in [5.74, 6) is -0.498. The van der Waals surface area contributed by atoms with Crippen LogP contribution in [0.2, 0.25) is 0 Å². The highest BCUT2D eigenvalue weighted by Gasteiger charge is 2.23. The average Bonchev–Trinajstić information content (AvgIpc) is 3.27. The zero-order valence-electron chi connectivity index (χ0n) is 16.3. The Labute approximate surface area is 173 Å². The van der Waals surface area contributed by atoms with Crippen molar-refractivity contribution in [1.82, 2.24) is 14.9 Å². The summed E-state index contributed by atoms with van der Waals surface area (Å²) in [5.41, 5.74) is 4.25. The quantitative estimate of drug-likeness (QED) is 0.724. The van der Waals surface area contributed by atoms with E-state index in [4.69, 9.17) is 4.74 Å². The van der Waals surface area contributed by atoms with Crippen LogP contribution in [0, 0.1) is 5.82 Å². The summed E-state index contributed by atoms with van der Waals surface area (Å²) in [5, 5.41) is 0. The zero-order valence-corrected chi connectivity index (χ0v) is 16.3. The molecule has 4 heterocycles. The van der Waals surface area contributed by atoms with Crippen LogP contribution in [0.5, 0.6) is 0 Å². The summed E-state index contributed by atoms with van der Waals surface area (Å²) in [4.78, 5) is 24.1. The molecular weight excluding hydrogens is 383 g/mol. The van der Waals surface area contributed by atoms with Gasteiger partial charge in [0.1, 0.15) is 11.5 Å². The highest BCUT2D eigenvalue weighted by Crippen LogP contribution is 2.31. The van der Waals surface area contributed by atoms with E-state index < -0.39 is 0 Å². The van der Waals surface area contributed by atoms with Gasteiger partial charge in [0.05, 0.1) is 18.9 Å². The molecule has 1 N–H and O–H groups in total. The minimum atomic E-state index is -0.343. The van der Waals surface area contributed by atoms with Crippen molar-refractivity contribution in [2.45, 2.75) is 6.54 Å². The summed E-state index contributed by atoms with van der Waals surface area (Å²) < 4.78 is 20.4. The number of amides is 1. The van der Waals surface area contributed by atoms with Gasteiger partial charge in [-0.15, -0.1) is 0 Å². The predicted molar refractivity (Wildman–Crippen MR) is 112 cm³/mol. The fourth-order valence-corrected chi connectivity index (χ4v) is 3.91. The molecule has 1 aromatic carbocycles. The number of aromatic amines is 1. The number of nitrogens with zero attached hydrogens (tertiary/aromatic N) is 3. The second kappa shape index (κ2) is 7.76. The lowest BCUT2D eigenvalue weighted by Crippen LogP contribution is -2.41. The van der Waals surface area contributed by atoms with E-state index in [0.29, 0.717) is 55.4 Å². The van der Waals surface area contributed by atoms with E-state index in [1.165, 1.54) is 6.07 Å². The third kappa shape index (κ3) is 3.37. The maximum atomic E-state index is 15.1. The van der Waals surface area contributed by atoms with E-state index in [1.807, 2.05) is 41.6 Å². The molecule has 1 saturated heterocycles. The molecule has 6 nitrogen and oxygen atoms in total. The first-order valence-corrected chi connectivity index (χ1v) is 9.94. The molecule has 152 valence electrons. The molecule has 1 amide bonds. The molecule has 0 saturated carbocycles. The number of nitrogens with one attached hydrogen (secondary N) is 1. The van der Waals surface area contributed by atoms with Crippen molar-refractivity contribution >= 4 is 17.7 Å². The second-order valence-corrected chi connectivity index (χ2v) is 7.33. The summed E-state index contributed by atoms with van der Waals surface area (Å²) in [6.07, 6.45) is 7.28. The summed E-state index contributed by atoms with van der Waals surface area (Å²) in [7, 11) is 0. The lowest BCUT2D eigenvalue weighted by Gasteiger charge is -2.27.